The largest absolute Gasteiger partial charge is 0.493 e. The number of methoxy groups -OCH3 is 3. The van der Waals surface area contributed by atoms with Crippen LogP contribution < -0.4 is 14.8 Å². The highest BCUT2D eigenvalue weighted by Gasteiger charge is 2.17. The highest BCUT2D eigenvalue weighted by Crippen LogP contribution is 2.32. The molecule has 0 aliphatic carbocycles. The maximum atomic E-state index is 12.5. The van der Waals surface area contributed by atoms with Crippen LogP contribution in [0.2, 0.25) is 0 Å². The van der Waals surface area contributed by atoms with Crippen molar-refractivity contribution in [2.45, 2.75) is 6.54 Å². The Bertz CT molecular complexity index is 1030. The zero-order valence-electron chi connectivity index (χ0n) is 16.2. The van der Waals surface area contributed by atoms with E-state index in [2.05, 4.69) is 10.5 Å². The Balaban J connectivity index is 1.72. The van der Waals surface area contributed by atoms with Gasteiger partial charge in [-0.05, 0) is 30.3 Å². The van der Waals surface area contributed by atoms with Crippen molar-refractivity contribution in [3.8, 4) is 22.8 Å². The maximum Gasteiger partial charge on any atom is 0.338 e. The normalized spacial score (nSPS) is 10.3. The van der Waals surface area contributed by atoms with E-state index < -0.39 is 11.9 Å². The summed E-state index contributed by atoms with van der Waals surface area (Å²) >= 11 is 0. The Hall–Kier alpha value is -3.81. The molecule has 0 saturated carbocycles. The highest BCUT2D eigenvalue weighted by molar-refractivity contribution is 6.05. The quantitative estimate of drug-likeness (QED) is 0.613. The van der Waals surface area contributed by atoms with Crippen LogP contribution in [-0.4, -0.2) is 38.4 Å². The van der Waals surface area contributed by atoms with Gasteiger partial charge in [-0.15, -0.1) is 0 Å². The van der Waals surface area contributed by atoms with Crippen LogP contribution in [0, 0.1) is 0 Å². The number of ether oxygens (including phenoxy) is 3. The Kier molecular flexibility index (Phi) is 6.13. The minimum atomic E-state index is -0.576. The van der Waals surface area contributed by atoms with E-state index in [0.29, 0.717) is 23.0 Å². The van der Waals surface area contributed by atoms with Gasteiger partial charge in [-0.1, -0.05) is 17.3 Å². The first-order valence-electron chi connectivity index (χ1n) is 8.71. The van der Waals surface area contributed by atoms with E-state index in [1.807, 2.05) is 6.07 Å². The summed E-state index contributed by atoms with van der Waals surface area (Å²) in [5.74, 6) is 0.697. The lowest BCUT2D eigenvalue weighted by Gasteiger charge is -2.08. The summed E-state index contributed by atoms with van der Waals surface area (Å²) in [6.07, 6.45) is 0. The molecule has 0 fully saturated rings. The number of carbonyl (C=O) groups is 2. The number of rotatable bonds is 7. The van der Waals surface area contributed by atoms with E-state index in [0.717, 1.165) is 5.56 Å². The number of carbonyl (C=O) groups excluding carboxylic acids is 2. The van der Waals surface area contributed by atoms with E-state index in [1.165, 1.54) is 13.2 Å². The maximum absolute atomic E-state index is 12.5. The average Bonchev–Trinajstić information content (AvgIpc) is 3.25. The predicted molar refractivity (Wildman–Crippen MR) is 104 cm³/mol. The van der Waals surface area contributed by atoms with Gasteiger partial charge < -0.3 is 24.1 Å². The SMILES string of the molecule is COC(=O)c1ccccc1C(=O)NCc1cc(-c2ccc(OC)c(OC)c2)on1. The molecule has 8 heteroatoms. The van der Waals surface area contributed by atoms with Crippen LogP contribution in [-0.2, 0) is 11.3 Å². The van der Waals surface area contributed by atoms with Gasteiger partial charge in [0.15, 0.2) is 17.3 Å². The van der Waals surface area contributed by atoms with Crippen molar-refractivity contribution in [1.29, 1.82) is 0 Å². The fourth-order valence-electron chi connectivity index (χ4n) is 2.76. The van der Waals surface area contributed by atoms with Gasteiger partial charge in [0.25, 0.3) is 5.91 Å². The van der Waals surface area contributed by atoms with Gasteiger partial charge in [0.05, 0.1) is 39.0 Å². The van der Waals surface area contributed by atoms with Crippen molar-refractivity contribution in [2.24, 2.45) is 0 Å². The first-order valence-corrected chi connectivity index (χ1v) is 8.71. The van der Waals surface area contributed by atoms with Gasteiger partial charge in [0, 0.05) is 11.6 Å². The zero-order valence-corrected chi connectivity index (χ0v) is 16.2. The second-order valence-electron chi connectivity index (χ2n) is 5.97. The monoisotopic (exact) mass is 396 g/mol. The molecule has 2 aromatic carbocycles. The van der Waals surface area contributed by atoms with Crippen LogP contribution in [0.1, 0.15) is 26.4 Å². The second-order valence-corrected chi connectivity index (χ2v) is 5.97. The molecule has 0 unspecified atom stereocenters. The second kappa shape index (κ2) is 8.92. The fourth-order valence-corrected chi connectivity index (χ4v) is 2.76. The lowest BCUT2D eigenvalue weighted by molar-refractivity contribution is 0.0596. The number of amides is 1. The van der Waals surface area contributed by atoms with E-state index in [4.69, 9.17) is 18.7 Å². The number of nitrogens with zero attached hydrogens (tertiary/aromatic N) is 1. The molecule has 1 N–H and O–H groups in total. The number of nitrogens with one attached hydrogen (secondary N) is 1. The summed E-state index contributed by atoms with van der Waals surface area (Å²) in [5.41, 5.74) is 1.70. The smallest absolute Gasteiger partial charge is 0.338 e. The van der Waals surface area contributed by atoms with Crippen LogP contribution in [0.5, 0.6) is 11.5 Å². The summed E-state index contributed by atoms with van der Waals surface area (Å²) in [6.45, 7) is 0.130. The first kappa shape index (κ1) is 19.9. The molecule has 1 heterocycles. The summed E-state index contributed by atoms with van der Waals surface area (Å²) in [4.78, 5) is 24.3. The van der Waals surface area contributed by atoms with Crippen molar-refractivity contribution in [3.63, 3.8) is 0 Å². The number of hydrogen-bond donors (Lipinski definition) is 1. The van der Waals surface area contributed by atoms with Crippen molar-refractivity contribution in [2.75, 3.05) is 21.3 Å². The molecule has 0 aliphatic heterocycles. The third-order valence-electron chi connectivity index (χ3n) is 4.23. The number of hydrogen-bond acceptors (Lipinski definition) is 7. The van der Waals surface area contributed by atoms with Gasteiger partial charge in [-0.3, -0.25) is 4.79 Å². The lowest BCUT2D eigenvalue weighted by atomic mass is 10.1. The minimum Gasteiger partial charge on any atom is -0.493 e. The van der Waals surface area contributed by atoms with Gasteiger partial charge >= 0.3 is 5.97 Å². The van der Waals surface area contributed by atoms with Crippen LogP contribution in [0.25, 0.3) is 11.3 Å². The molecule has 29 heavy (non-hydrogen) atoms. The van der Waals surface area contributed by atoms with Gasteiger partial charge in [-0.25, -0.2) is 4.79 Å². The Labute approximate surface area is 167 Å². The van der Waals surface area contributed by atoms with E-state index in [-0.39, 0.29) is 17.7 Å². The van der Waals surface area contributed by atoms with E-state index in [1.54, 1.807) is 50.6 Å². The summed E-state index contributed by atoms with van der Waals surface area (Å²) in [6, 6.07) is 13.5. The van der Waals surface area contributed by atoms with Crippen LogP contribution in [0.3, 0.4) is 0 Å². The molecule has 0 radical (unpaired) electrons. The Morgan fingerprint density at radius 3 is 2.38 bits per heavy atom. The van der Waals surface area contributed by atoms with Crippen molar-refractivity contribution in [3.05, 3.63) is 65.4 Å². The molecule has 150 valence electrons. The third-order valence-corrected chi connectivity index (χ3v) is 4.23. The standard InChI is InChI=1S/C21H20N2O6/c1-26-17-9-8-13(10-19(17)27-2)18-11-14(23-29-18)12-22-20(24)15-6-4-5-7-16(15)21(25)28-3/h4-11H,12H2,1-3H3,(H,22,24). The van der Waals surface area contributed by atoms with Crippen molar-refractivity contribution < 1.29 is 28.3 Å². The molecule has 3 rings (SSSR count). The first-order chi connectivity index (χ1) is 14.1. The summed E-state index contributed by atoms with van der Waals surface area (Å²) in [7, 11) is 4.38. The molecule has 8 nitrogen and oxygen atoms in total. The van der Waals surface area contributed by atoms with Crippen LogP contribution in [0.15, 0.2) is 53.1 Å². The molecule has 0 saturated heterocycles. The topological polar surface area (TPSA) is 99.9 Å². The molecule has 0 aliphatic rings. The average molecular weight is 396 g/mol. The van der Waals surface area contributed by atoms with Crippen LogP contribution >= 0.6 is 0 Å². The Morgan fingerprint density at radius 1 is 0.966 bits per heavy atom. The van der Waals surface area contributed by atoms with Gasteiger partial charge in [0.1, 0.15) is 5.69 Å². The molecule has 0 spiro atoms. The predicted octanol–water partition coefficient (Wildman–Crippen LogP) is 3.08. The third kappa shape index (κ3) is 4.37. The highest BCUT2D eigenvalue weighted by atomic mass is 16.5. The van der Waals surface area contributed by atoms with Gasteiger partial charge in [0.2, 0.25) is 0 Å². The molecular formula is C21H20N2O6. The molecular weight excluding hydrogens is 376 g/mol. The Morgan fingerprint density at radius 2 is 1.69 bits per heavy atom. The minimum absolute atomic E-state index is 0.130. The summed E-state index contributed by atoms with van der Waals surface area (Å²) < 4.78 is 20.6. The fraction of sp³-hybridized carbons (Fsp3) is 0.190. The molecule has 1 aromatic heterocycles. The number of benzene rings is 2. The molecule has 3 aromatic rings. The lowest BCUT2D eigenvalue weighted by Crippen LogP contribution is -2.25. The molecule has 0 bridgehead atoms. The molecule has 0 atom stereocenters. The van der Waals surface area contributed by atoms with Crippen LogP contribution in [0.4, 0.5) is 0 Å². The summed E-state index contributed by atoms with van der Waals surface area (Å²) in [5, 5.41) is 6.70. The zero-order chi connectivity index (χ0) is 20.8. The van der Waals surface area contributed by atoms with Gasteiger partial charge in [-0.2, -0.15) is 0 Å². The van der Waals surface area contributed by atoms with Crippen molar-refractivity contribution in [1.82, 2.24) is 10.5 Å². The number of aromatic nitrogens is 1. The van der Waals surface area contributed by atoms with E-state index >= 15 is 0 Å². The van der Waals surface area contributed by atoms with Crippen molar-refractivity contribution >= 4 is 11.9 Å². The van der Waals surface area contributed by atoms with E-state index in [9.17, 15) is 9.59 Å². The number of esters is 1. The molecule has 1 amide bonds.